The molecule has 1 amide bonds. The number of carbonyl (C=O) groups excluding carboxylic acids is 1. The first-order valence-electron chi connectivity index (χ1n) is 8.66. The summed E-state index contributed by atoms with van der Waals surface area (Å²) in [7, 11) is 3.60. The van der Waals surface area contributed by atoms with Gasteiger partial charge in [-0.15, -0.1) is 0 Å². The maximum Gasteiger partial charge on any atom is 0.221 e. The summed E-state index contributed by atoms with van der Waals surface area (Å²) in [6, 6.07) is 9.68. The van der Waals surface area contributed by atoms with E-state index in [4.69, 9.17) is 9.72 Å². The van der Waals surface area contributed by atoms with Gasteiger partial charge in [-0.1, -0.05) is 0 Å². The number of nitrogens with one attached hydrogen (secondary N) is 1. The number of amides is 1. The molecule has 0 unspecified atom stereocenters. The van der Waals surface area contributed by atoms with E-state index in [0.717, 1.165) is 44.4 Å². The minimum absolute atomic E-state index is 0.120. The maximum absolute atomic E-state index is 11.6. The second-order valence-corrected chi connectivity index (χ2v) is 6.57. The number of hydrogen-bond donors (Lipinski definition) is 1. The normalized spacial score (nSPS) is 11.1. The fourth-order valence-electron chi connectivity index (χ4n) is 3.53. The Hall–Kier alpha value is -3.41. The number of pyridine rings is 2. The molecule has 4 aromatic rings. The summed E-state index contributed by atoms with van der Waals surface area (Å²) >= 11 is 0. The van der Waals surface area contributed by atoms with Crippen LogP contribution in [0.25, 0.3) is 33.2 Å². The molecule has 0 spiro atoms. The molecule has 1 N–H and O–H groups in total. The SMILES string of the molecule is COc1ccc(NC(C)=O)c2c(C)cc(-c3cn(C)c4ncccc34)nc12. The standard InChI is InChI=1S/C21H20N4O2/c1-12-10-17(15-11-25(3)21-14(15)6-5-9-22-21)24-20-18(27-4)8-7-16(19(12)20)23-13(2)26/h5-11H,1-4H3,(H,23,26). The first-order chi connectivity index (χ1) is 13.0. The molecule has 27 heavy (non-hydrogen) atoms. The van der Waals surface area contributed by atoms with Crippen molar-refractivity contribution in [3.05, 3.63) is 48.3 Å². The van der Waals surface area contributed by atoms with Crippen molar-refractivity contribution in [2.45, 2.75) is 13.8 Å². The molecule has 1 aromatic carbocycles. The number of anilines is 1. The number of aryl methyl sites for hydroxylation is 2. The van der Waals surface area contributed by atoms with E-state index in [1.807, 2.05) is 55.1 Å². The molecule has 4 rings (SSSR count). The van der Waals surface area contributed by atoms with Crippen molar-refractivity contribution < 1.29 is 9.53 Å². The summed E-state index contributed by atoms with van der Waals surface area (Å²) in [5, 5.41) is 4.81. The van der Waals surface area contributed by atoms with Crippen LogP contribution in [-0.2, 0) is 11.8 Å². The highest BCUT2D eigenvalue weighted by Gasteiger charge is 2.16. The zero-order valence-electron chi connectivity index (χ0n) is 15.7. The quantitative estimate of drug-likeness (QED) is 0.598. The van der Waals surface area contributed by atoms with E-state index >= 15 is 0 Å². The van der Waals surface area contributed by atoms with Crippen molar-refractivity contribution in [3.8, 4) is 17.0 Å². The van der Waals surface area contributed by atoms with Crippen LogP contribution in [-0.4, -0.2) is 27.6 Å². The first kappa shape index (κ1) is 17.0. The van der Waals surface area contributed by atoms with Gasteiger partial charge in [0.1, 0.15) is 16.9 Å². The van der Waals surface area contributed by atoms with Crippen molar-refractivity contribution in [2.75, 3.05) is 12.4 Å². The molecule has 0 radical (unpaired) electrons. The second-order valence-electron chi connectivity index (χ2n) is 6.57. The smallest absolute Gasteiger partial charge is 0.221 e. The Balaban J connectivity index is 2.02. The lowest BCUT2D eigenvalue weighted by atomic mass is 10.0. The van der Waals surface area contributed by atoms with Crippen molar-refractivity contribution in [1.29, 1.82) is 0 Å². The van der Waals surface area contributed by atoms with Crippen molar-refractivity contribution in [3.63, 3.8) is 0 Å². The van der Waals surface area contributed by atoms with Gasteiger partial charge in [-0.2, -0.15) is 0 Å². The average molecular weight is 360 g/mol. The molecule has 6 heteroatoms. The van der Waals surface area contributed by atoms with Crippen molar-refractivity contribution >= 4 is 33.5 Å². The van der Waals surface area contributed by atoms with Crippen LogP contribution in [0.3, 0.4) is 0 Å². The Labute approximate surface area is 156 Å². The number of ether oxygens (including phenoxy) is 1. The predicted octanol–water partition coefficient (Wildman–Crippen LogP) is 4.06. The highest BCUT2D eigenvalue weighted by molar-refractivity contribution is 6.05. The number of hydrogen-bond acceptors (Lipinski definition) is 4. The van der Waals surface area contributed by atoms with Crippen LogP contribution >= 0.6 is 0 Å². The summed E-state index contributed by atoms with van der Waals surface area (Å²) in [5.41, 5.74) is 5.23. The summed E-state index contributed by atoms with van der Waals surface area (Å²) in [5.74, 6) is 0.549. The number of fused-ring (bicyclic) bond motifs is 2. The molecule has 0 bridgehead atoms. The van der Waals surface area contributed by atoms with Gasteiger partial charge in [-0.05, 0) is 42.8 Å². The highest BCUT2D eigenvalue weighted by Crippen LogP contribution is 2.36. The largest absolute Gasteiger partial charge is 0.494 e. The molecule has 3 aromatic heterocycles. The third-order valence-electron chi connectivity index (χ3n) is 4.66. The lowest BCUT2D eigenvalue weighted by Gasteiger charge is -2.14. The Morgan fingerprint density at radius 3 is 2.81 bits per heavy atom. The van der Waals surface area contributed by atoms with Crippen LogP contribution in [0.15, 0.2) is 42.7 Å². The summed E-state index contributed by atoms with van der Waals surface area (Å²) in [6.45, 7) is 3.51. The number of methoxy groups -OCH3 is 1. The van der Waals surface area contributed by atoms with Gasteiger partial charge in [0.05, 0.1) is 18.5 Å². The highest BCUT2D eigenvalue weighted by atomic mass is 16.5. The maximum atomic E-state index is 11.6. The van der Waals surface area contributed by atoms with E-state index in [0.29, 0.717) is 5.75 Å². The minimum Gasteiger partial charge on any atom is -0.494 e. The minimum atomic E-state index is -0.120. The first-order valence-corrected chi connectivity index (χ1v) is 8.66. The van der Waals surface area contributed by atoms with Crippen LogP contribution in [0.2, 0.25) is 0 Å². The Bertz CT molecular complexity index is 1190. The molecule has 0 saturated carbocycles. The van der Waals surface area contributed by atoms with Gasteiger partial charge in [0.15, 0.2) is 0 Å². The molecule has 6 nitrogen and oxygen atoms in total. The van der Waals surface area contributed by atoms with E-state index in [1.165, 1.54) is 6.92 Å². The molecule has 0 aliphatic rings. The van der Waals surface area contributed by atoms with Gasteiger partial charge in [-0.3, -0.25) is 4.79 Å². The zero-order chi connectivity index (χ0) is 19.1. The molecular weight excluding hydrogens is 340 g/mol. The van der Waals surface area contributed by atoms with Crippen molar-refractivity contribution in [2.24, 2.45) is 7.05 Å². The Morgan fingerprint density at radius 2 is 2.07 bits per heavy atom. The van der Waals surface area contributed by atoms with Crippen LogP contribution in [0.5, 0.6) is 5.75 Å². The van der Waals surface area contributed by atoms with Gasteiger partial charge >= 0.3 is 0 Å². The van der Waals surface area contributed by atoms with Gasteiger partial charge in [0, 0.05) is 42.7 Å². The van der Waals surface area contributed by atoms with Gasteiger partial charge in [0.2, 0.25) is 5.91 Å². The summed E-state index contributed by atoms with van der Waals surface area (Å²) < 4.78 is 7.53. The van der Waals surface area contributed by atoms with E-state index in [9.17, 15) is 4.79 Å². The van der Waals surface area contributed by atoms with Gasteiger partial charge < -0.3 is 14.6 Å². The number of aromatic nitrogens is 3. The van der Waals surface area contributed by atoms with Crippen LogP contribution in [0, 0.1) is 6.92 Å². The number of nitrogens with zero attached hydrogens (tertiary/aromatic N) is 3. The van der Waals surface area contributed by atoms with Gasteiger partial charge in [0.25, 0.3) is 0 Å². The molecule has 0 aliphatic carbocycles. The lowest BCUT2D eigenvalue weighted by molar-refractivity contribution is -0.114. The topological polar surface area (TPSA) is 69.0 Å². The molecule has 0 atom stereocenters. The van der Waals surface area contributed by atoms with E-state index in [1.54, 1.807) is 13.3 Å². The Kier molecular flexibility index (Phi) is 4.03. The van der Waals surface area contributed by atoms with Gasteiger partial charge in [-0.25, -0.2) is 9.97 Å². The summed E-state index contributed by atoms with van der Waals surface area (Å²) in [4.78, 5) is 20.9. The van der Waals surface area contributed by atoms with E-state index < -0.39 is 0 Å². The molecule has 0 saturated heterocycles. The van der Waals surface area contributed by atoms with Crippen LogP contribution in [0.1, 0.15) is 12.5 Å². The van der Waals surface area contributed by atoms with E-state index in [-0.39, 0.29) is 5.91 Å². The number of rotatable bonds is 3. The monoisotopic (exact) mass is 360 g/mol. The third-order valence-corrected chi connectivity index (χ3v) is 4.66. The van der Waals surface area contributed by atoms with Crippen LogP contribution < -0.4 is 10.1 Å². The fourth-order valence-corrected chi connectivity index (χ4v) is 3.53. The number of benzene rings is 1. The lowest BCUT2D eigenvalue weighted by Crippen LogP contribution is -2.07. The zero-order valence-corrected chi connectivity index (χ0v) is 15.7. The molecular formula is C21H20N4O2. The molecule has 0 fully saturated rings. The van der Waals surface area contributed by atoms with E-state index in [2.05, 4.69) is 10.3 Å². The summed E-state index contributed by atoms with van der Waals surface area (Å²) in [6.07, 6.45) is 3.82. The Morgan fingerprint density at radius 1 is 1.26 bits per heavy atom. The van der Waals surface area contributed by atoms with Crippen molar-refractivity contribution in [1.82, 2.24) is 14.5 Å². The average Bonchev–Trinajstić information content (AvgIpc) is 2.98. The van der Waals surface area contributed by atoms with Crippen LogP contribution in [0.4, 0.5) is 5.69 Å². The molecule has 3 heterocycles. The second kappa shape index (κ2) is 6.39. The fraction of sp³-hybridized carbons (Fsp3) is 0.190. The number of carbonyl (C=O) groups is 1. The molecule has 0 aliphatic heterocycles. The third kappa shape index (κ3) is 2.79. The molecule has 136 valence electrons. The predicted molar refractivity (Wildman–Crippen MR) is 107 cm³/mol.